The number of halogens is 4. The summed E-state index contributed by atoms with van der Waals surface area (Å²) in [6.07, 6.45) is -2.85. The van der Waals surface area contributed by atoms with Crippen LogP contribution in [0.4, 0.5) is 23.7 Å². The van der Waals surface area contributed by atoms with Crippen molar-refractivity contribution in [2.24, 2.45) is 0 Å². The summed E-state index contributed by atoms with van der Waals surface area (Å²) in [5.74, 6) is 0. The van der Waals surface area contributed by atoms with Crippen LogP contribution in [0.15, 0.2) is 36.7 Å². The van der Waals surface area contributed by atoms with E-state index in [-0.39, 0.29) is 11.3 Å². The molecule has 1 amide bonds. The Balaban J connectivity index is 2.16. The summed E-state index contributed by atoms with van der Waals surface area (Å²) in [5.41, 5.74) is 0.211. The number of anilines is 1. The Hall–Kier alpha value is -2.30. The van der Waals surface area contributed by atoms with E-state index in [1.165, 1.54) is 12.3 Å². The minimum absolute atomic E-state index is 0.156. The molecule has 0 atom stereocenters. The van der Waals surface area contributed by atoms with Gasteiger partial charge in [-0.05, 0) is 52.4 Å². The number of fused-ring (bicyclic) bond motifs is 1. The summed E-state index contributed by atoms with van der Waals surface area (Å²) in [6, 6.07) is 4.77. The molecule has 0 aliphatic rings. The third-order valence-corrected chi connectivity index (χ3v) is 4.22. The van der Waals surface area contributed by atoms with Gasteiger partial charge in [-0.15, -0.1) is 0 Å². The third-order valence-electron chi connectivity index (χ3n) is 3.33. The van der Waals surface area contributed by atoms with Gasteiger partial charge < -0.3 is 10.1 Å². The van der Waals surface area contributed by atoms with Gasteiger partial charge in [-0.25, -0.2) is 9.78 Å². The molecule has 0 spiro atoms. The highest BCUT2D eigenvalue weighted by atomic mass is 127. The first-order valence-electron chi connectivity index (χ1n) is 6.59. The van der Waals surface area contributed by atoms with Gasteiger partial charge in [0.2, 0.25) is 0 Å². The molecule has 9 heteroatoms. The molecule has 3 N–H and O–H groups in total. The lowest BCUT2D eigenvalue weighted by Gasteiger charge is -2.12. The minimum atomic E-state index is -4.59. The molecule has 0 aliphatic carbocycles. The normalized spacial score (nSPS) is 11.7. The third kappa shape index (κ3) is 3.30. The molecule has 2 heterocycles. The van der Waals surface area contributed by atoms with E-state index in [4.69, 9.17) is 5.11 Å². The maximum absolute atomic E-state index is 13.1. The SMILES string of the molecule is O=C(O)Nc1cc(-c2cnc3[nH]cc(I)c3c2)cc(C(F)(F)F)c1. The van der Waals surface area contributed by atoms with E-state index < -0.39 is 17.8 Å². The van der Waals surface area contributed by atoms with Crippen molar-refractivity contribution in [2.45, 2.75) is 6.18 Å². The van der Waals surface area contributed by atoms with Crippen LogP contribution in [0.25, 0.3) is 22.2 Å². The van der Waals surface area contributed by atoms with E-state index in [1.807, 2.05) is 5.32 Å². The number of rotatable bonds is 2. The van der Waals surface area contributed by atoms with Gasteiger partial charge in [0, 0.05) is 32.6 Å². The van der Waals surface area contributed by atoms with Crippen LogP contribution in [0.1, 0.15) is 5.56 Å². The van der Waals surface area contributed by atoms with Crippen molar-refractivity contribution in [3.63, 3.8) is 0 Å². The second-order valence-electron chi connectivity index (χ2n) is 4.98. The lowest BCUT2D eigenvalue weighted by atomic mass is 10.0. The molecule has 5 nitrogen and oxygen atoms in total. The number of H-pyrrole nitrogens is 1. The molecule has 0 saturated heterocycles. The molecule has 0 radical (unpaired) electrons. The largest absolute Gasteiger partial charge is 0.465 e. The average Bonchev–Trinajstić information content (AvgIpc) is 2.86. The fourth-order valence-electron chi connectivity index (χ4n) is 2.28. The number of amides is 1. The number of carbonyl (C=O) groups is 1. The van der Waals surface area contributed by atoms with Crippen LogP contribution < -0.4 is 5.32 Å². The fourth-order valence-corrected chi connectivity index (χ4v) is 2.85. The molecule has 124 valence electrons. The zero-order valence-electron chi connectivity index (χ0n) is 11.8. The van der Waals surface area contributed by atoms with Gasteiger partial charge in [0.05, 0.1) is 5.56 Å². The van der Waals surface area contributed by atoms with Crippen molar-refractivity contribution < 1.29 is 23.1 Å². The lowest BCUT2D eigenvalue weighted by Crippen LogP contribution is -2.10. The number of aromatic amines is 1. The van der Waals surface area contributed by atoms with Gasteiger partial charge in [-0.1, -0.05) is 0 Å². The topological polar surface area (TPSA) is 78.0 Å². The highest BCUT2D eigenvalue weighted by Crippen LogP contribution is 2.35. The molecule has 24 heavy (non-hydrogen) atoms. The Morgan fingerprint density at radius 3 is 2.62 bits per heavy atom. The number of hydrogen-bond acceptors (Lipinski definition) is 2. The predicted molar refractivity (Wildman–Crippen MR) is 90.9 cm³/mol. The molecule has 3 aromatic rings. The summed E-state index contributed by atoms with van der Waals surface area (Å²) < 4.78 is 40.1. The summed E-state index contributed by atoms with van der Waals surface area (Å²) in [5, 5.41) is 11.5. The van der Waals surface area contributed by atoms with Gasteiger partial charge in [0.25, 0.3) is 0 Å². The molecular weight excluding hydrogens is 438 g/mol. The van der Waals surface area contributed by atoms with Gasteiger partial charge in [-0.2, -0.15) is 13.2 Å². The van der Waals surface area contributed by atoms with Crippen LogP contribution in [0.5, 0.6) is 0 Å². The molecule has 2 aromatic heterocycles. The van der Waals surface area contributed by atoms with Gasteiger partial charge in [0.1, 0.15) is 5.65 Å². The Kier molecular flexibility index (Phi) is 4.11. The van der Waals surface area contributed by atoms with Crippen LogP contribution in [0.2, 0.25) is 0 Å². The van der Waals surface area contributed by atoms with E-state index in [1.54, 1.807) is 12.3 Å². The fraction of sp³-hybridized carbons (Fsp3) is 0.0667. The van der Waals surface area contributed by atoms with Crippen molar-refractivity contribution in [2.75, 3.05) is 5.32 Å². The van der Waals surface area contributed by atoms with Crippen molar-refractivity contribution in [3.8, 4) is 11.1 Å². The van der Waals surface area contributed by atoms with Crippen LogP contribution in [0, 0.1) is 3.57 Å². The molecule has 0 fully saturated rings. The summed E-state index contributed by atoms with van der Waals surface area (Å²) in [7, 11) is 0. The van der Waals surface area contributed by atoms with Crippen molar-refractivity contribution in [1.29, 1.82) is 0 Å². The molecule has 1 aromatic carbocycles. The van der Waals surface area contributed by atoms with E-state index in [9.17, 15) is 18.0 Å². The number of carboxylic acid groups (broad SMARTS) is 1. The molecule has 0 bridgehead atoms. The van der Waals surface area contributed by atoms with Crippen LogP contribution >= 0.6 is 22.6 Å². The number of pyridine rings is 1. The second-order valence-corrected chi connectivity index (χ2v) is 6.15. The number of benzene rings is 1. The molecule has 0 saturated carbocycles. The monoisotopic (exact) mass is 447 g/mol. The zero-order chi connectivity index (χ0) is 17.5. The number of alkyl halides is 3. The summed E-state index contributed by atoms with van der Waals surface area (Å²) in [6.45, 7) is 0. The second kappa shape index (κ2) is 5.96. The minimum Gasteiger partial charge on any atom is -0.465 e. The smallest absolute Gasteiger partial charge is 0.416 e. The Bertz CT molecular complexity index is 937. The molecule has 0 aliphatic heterocycles. The average molecular weight is 447 g/mol. The van der Waals surface area contributed by atoms with Gasteiger partial charge >= 0.3 is 12.3 Å². The Morgan fingerprint density at radius 2 is 1.96 bits per heavy atom. The molecular formula is C15H9F3IN3O2. The quantitative estimate of drug-likeness (QED) is 0.487. The highest BCUT2D eigenvalue weighted by molar-refractivity contribution is 14.1. The summed E-state index contributed by atoms with van der Waals surface area (Å²) >= 11 is 2.09. The van der Waals surface area contributed by atoms with Crippen LogP contribution in [0.3, 0.4) is 0 Å². The number of nitrogens with one attached hydrogen (secondary N) is 2. The first kappa shape index (κ1) is 16.6. The maximum Gasteiger partial charge on any atom is 0.416 e. The van der Waals surface area contributed by atoms with Crippen molar-refractivity contribution in [1.82, 2.24) is 9.97 Å². The van der Waals surface area contributed by atoms with E-state index in [0.29, 0.717) is 11.2 Å². The molecule has 0 unspecified atom stereocenters. The van der Waals surface area contributed by atoms with Crippen molar-refractivity contribution in [3.05, 3.63) is 45.8 Å². The number of nitrogens with zero attached hydrogens (tertiary/aromatic N) is 1. The van der Waals surface area contributed by atoms with Crippen LogP contribution in [-0.4, -0.2) is 21.2 Å². The number of hydrogen-bond donors (Lipinski definition) is 3. The van der Waals surface area contributed by atoms with Crippen molar-refractivity contribution >= 4 is 45.4 Å². The zero-order valence-corrected chi connectivity index (χ0v) is 13.9. The Labute approximate surface area is 147 Å². The highest BCUT2D eigenvalue weighted by Gasteiger charge is 2.31. The first-order valence-corrected chi connectivity index (χ1v) is 7.67. The van der Waals surface area contributed by atoms with E-state index in [0.717, 1.165) is 21.1 Å². The Morgan fingerprint density at radius 1 is 1.21 bits per heavy atom. The standard InChI is InChI=1S/C15H9F3IN3O2/c16-15(17,18)9-1-7(2-10(4-9)22-14(23)24)8-3-11-12(19)6-21-13(11)20-5-8/h1-6,22H,(H,20,21)(H,23,24). The lowest BCUT2D eigenvalue weighted by molar-refractivity contribution is -0.137. The van der Waals surface area contributed by atoms with Crippen LogP contribution in [-0.2, 0) is 6.18 Å². The predicted octanol–water partition coefficient (Wildman–Crippen LogP) is 4.94. The summed E-state index contributed by atoms with van der Waals surface area (Å²) in [4.78, 5) is 17.9. The maximum atomic E-state index is 13.1. The van der Waals surface area contributed by atoms with E-state index in [2.05, 4.69) is 32.6 Å². The first-order chi connectivity index (χ1) is 11.2. The number of aromatic nitrogens is 2. The van der Waals surface area contributed by atoms with Gasteiger partial charge in [0.15, 0.2) is 0 Å². The molecule has 3 rings (SSSR count). The van der Waals surface area contributed by atoms with Gasteiger partial charge in [-0.3, -0.25) is 5.32 Å². The van der Waals surface area contributed by atoms with E-state index >= 15 is 0 Å².